The molecule has 0 saturated carbocycles. The van der Waals surface area contributed by atoms with Crippen molar-refractivity contribution < 1.29 is 14.0 Å². The molecule has 1 aromatic carbocycles. The van der Waals surface area contributed by atoms with Crippen LogP contribution in [0.2, 0.25) is 0 Å². The molecule has 1 aromatic heterocycles. The van der Waals surface area contributed by atoms with E-state index in [4.69, 9.17) is 4.42 Å². The van der Waals surface area contributed by atoms with Gasteiger partial charge in [0.05, 0.1) is 12.2 Å². The van der Waals surface area contributed by atoms with Crippen molar-refractivity contribution in [2.45, 2.75) is 51.1 Å². The van der Waals surface area contributed by atoms with Gasteiger partial charge in [0, 0.05) is 6.92 Å². The summed E-state index contributed by atoms with van der Waals surface area (Å²) in [5.41, 5.74) is 1.02. The first-order chi connectivity index (χ1) is 14.1. The summed E-state index contributed by atoms with van der Waals surface area (Å²) in [5, 5.41) is 6.46. The molecule has 7 nitrogen and oxygen atoms in total. The summed E-state index contributed by atoms with van der Waals surface area (Å²) in [6, 6.07) is 9.94. The van der Waals surface area contributed by atoms with E-state index in [-0.39, 0.29) is 36.8 Å². The molecular formula is C22H29ClN4O3. The second kappa shape index (κ2) is 9.62. The second-order valence-electron chi connectivity index (χ2n) is 8.01. The van der Waals surface area contributed by atoms with Crippen LogP contribution in [0.1, 0.15) is 42.8 Å². The van der Waals surface area contributed by atoms with E-state index in [1.807, 2.05) is 18.2 Å². The number of hydrogen-bond acceptors (Lipinski definition) is 5. The third-order valence-electron chi connectivity index (χ3n) is 6.10. The number of piperidine rings is 1. The van der Waals surface area contributed by atoms with Crippen LogP contribution in [-0.4, -0.2) is 40.5 Å². The van der Waals surface area contributed by atoms with Gasteiger partial charge in [0.2, 0.25) is 0 Å². The minimum Gasteiger partial charge on any atom is -0.449 e. The van der Waals surface area contributed by atoms with Crippen molar-refractivity contribution in [3.8, 4) is 0 Å². The van der Waals surface area contributed by atoms with Crippen LogP contribution in [0.4, 0.5) is 4.79 Å². The number of carbonyl (C=O) groups excluding carboxylic acids is 2. The molecule has 1 atom stereocenters. The predicted molar refractivity (Wildman–Crippen MR) is 115 cm³/mol. The first-order valence-corrected chi connectivity index (χ1v) is 10.4. The summed E-state index contributed by atoms with van der Waals surface area (Å²) in [6.07, 6.45) is 5.65. The number of halogens is 1. The zero-order valence-corrected chi connectivity index (χ0v) is 18.0. The van der Waals surface area contributed by atoms with Gasteiger partial charge in [-0.25, -0.2) is 9.78 Å². The average Bonchev–Trinajstić information content (AvgIpc) is 3.26. The molecule has 2 saturated heterocycles. The number of rotatable bonds is 7. The summed E-state index contributed by atoms with van der Waals surface area (Å²) in [7, 11) is 0. The number of urea groups is 1. The highest BCUT2D eigenvalue weighted by molar-refractivity contribution is 6.07. The minimum absolute atomic E-state index is 0. The molecule has 1 unspecified atom stereocenters. The number of imide groups is 1. The van der Waals surface area contributed by atoms with Gasteiger partial charge in [0.15, 0.2) is 5.89 Å². The Labute approximate surface area is 183 Å². The van der Waals surface area contributed by atoms with Gasteiger partial charge >= 0.3 is 6.03 Å². The number of nitrogens with one attached hydrogen (secondary N) is 2. The lowest BCUT2D eigenvalue weighted by atomic mass is 9.74. The zero-order chi connectivity index (χ0) is 20.3. The third kappa shape index (κ3) is 4.52. The van der Waals surface area contributed by atoms with Crippen LogP contribution in [0.15, 0.2) is 41.0 Å². The van der Waals surface area contributed by atoms with Gasteiger partial charge in [-0.2, -0.15) is 0 Å². The summed E-state index contributed by atoms with van der Waals surface area (Å²) in [6.45, 7) is 3.64. The average molecular weight is 433 g/mol. The normalized spacial score (nSPS) is 22.1. The molecule has 0 aliphatic carbocycles. The lowest BCUT2D eigenvalue weighted by Gasteiger charge is -2.38. The van der Waals surface area contributed by atoms with E-state index < -0.39 is 5.54 Å². The van der Waals surface area contributed by atoms with Gasteiger partial charge < -0.3 is 15.1 Å². The Hall–Kier alpha value is -2.38. The smallest absolute Gasteiger partial charge is 0.325 e. The van der Waals surface area contributed by atoms with Crippen LogP contribution in [0.25, 0.3) is 0 Å². The number of carbonyl (C=O) groups is 2. The SMILES string of the molecule is Cc1nc(CN2C(=O)NC(CCCc3ccccc3)(C3CCNCC3)C2=O)co1.Cl. The van der Waals surface area contributed by atoms with E-state index in [9.17, 15) is 9.59 Å². The monoisotopic (exact) mass is 432 g/mol. The third-order valence-corrected chi connectivity index (χ3v) is 6.10. The highest BCUT2D eigenvalue weighted by Gasteiger charge is 2.55. The Kier molecular flexibility index (Phi) is 7.15. The highest BCUT2D eigenvalue weighted by Crippen LogP contribution is 2.36. The quantitative estimate of drug-likeness (QED) is 0.656. The largest absolute Gasteiger partial charge is 0.449 e. The molecule has 3 heterocycles. The molecule has 2 aliphatic rings. The van der Waals surface area contributed by atoms with Crippen molar-refractivity contribution in [3.05, 3.63) is 53.7 Å². The van der Waals surface area contributed by atoms with Gasteiger partial charge in [-0.1, -0.05) is 30.3 Å². The lowest BCUT2D eigenvalue weighted by Crippen LogP contribution is -2.55. The molecule has 0 bridgehead atoms. The fourth-order valence-electron chi connectivity index (χ4n) is 4.61. The molecular weight excluding hydrogens is 404 g/mol. The summed E-state index contributed by atoms with van der Waals surface area (Å²) < 4.78 is 5.24. The Morgan fingerprint density at radius 1 is 1.20 bits per heavy atom. The van der Waals surface area contributed by atoms with Crippen LogP contribution < -0.4 is 10.6 Å². The standard InChI is InChI=1S/C22H28N4O3.ClH/c1-16-24-19(15-29-16)14-26-20(27)22(25-21(26)28,18-9-12-23-13-10-18)11-5-8-17-6-3-2-4-7-17;/h2-4,6-7,15,18,23H,5,8-14H2,1H3,(H,25,28);1H. The minimum atomic E-state index is -0.827. The van der Waals surface area contributed by atoms with E-state index in [0.717, 1.165) is 38.8 Å². The van der Waals surface area contributed by atoms with Crippen molar-refractivity contribution in [1.82, 2.24) is 20.5 Å². The lowest BCUT2D eigenvalue weighted by molar-refractivity contribution is -0.134. The Balaban J connectivity index is 0.00000256. The Morgan fingerprint density at radius 2 is 1.93 bits per heavy atom. The summed E-state index contributed by atoms with van der Waals surface area (Å²) in [5.74, 6) is 0.544. The number of nitrogens with zero attached hydrogens (tertiary/aromatic N) is 2. The number of hydrogen-bond donors (Lipinski definition) is 2. The van der Waals surface area contributed by atoms with Crippen molar-refractivity contribution in [3.63, 3.8) is 0 Å². The van der Waals surface area contributed by atoms with E-state index in [1.54, 1.807) is 6.92 Å². The second-order valence-corrected chi connectivity index (χ2v) is 8.01. The number of benzene rings is 1. The van der Waals surface area contributed by atoms with Gasteiger partial charge in [-0.15, -0.1) is 12.4 Å². The maximum atomic E-state index is 13.6. The van der Waals surface area contributed by atoms with Gasteiger partial charge in [0.25, 0.3) is 5.91 Å². The molecule has 30 heavy (non-hydrogen) atoms. The predicted octanol–water partition coefficient (Wildman–Crippen LogP) is 3.22. The van der Waals surface area contributed by atoms with Crippen LogP contribution in [0.5, 0.6) is 0 Å². The Bertz CT molecular complexity index is 866. The molecule has 8 heteroatoms. The maximum Gasteiger partial charge on any atom is 0.325 e. The van der Waals surface area contributed by atoms with Crippen molar-refractivity contribution >= 4 is 24.3 Å². The summed E-state index contributed by atoms with van der Waals surface area (Å²) >= 11 is 0. The van der Waals surface area contributed by atoms with Gasteiger partial charge in [-0.3, -0.25) is 9.69 Å². The molecule has 0 spiro atoms. The number of amides is 3. The molecule has 3 amide bonds. The topological polar surface area (TPSA) is 87.5 Å². The van der Waals surface area contributed by atoms with Gasteiger partial charge in [-0.05, 0) is 56.7 Å². The molecule has 2 aliphatic heterocycles. The fourth-order valence-corrected chi connectivity index (χ4v) is 4.61. The van der Waals surface area contributed by atoms with E-state index >= 15 is 0 Å². The highest BCUT2D eigenvalue weighted by atomic mass is 35.5. The van der Waals surface area contributed by atoms with E-state index in [0.29, 0.717) is 18.0 Å². The van der Waals surface area contributed by atoms with Crippen molar-refractivity contribution in [2.75, 3.05) is 13.1 Å². The number of oxazole rings is 1. The van der Waals surface area contributed by atoms with Crippen LogP contribution in [-0.2, 0) is 17.8 Å². The van der Waals surface area contributed by atoms with Crippen molar-refractivity contribution in [2.24, 2.45) is 5.92 Å². The summed E-state index contributed by atoms with van der Waals surface area (Å²) in [4.78, 5) is 31.9. The fraction of sp³-hybridized carbons (Fsp3) is 0.500. The molecule has 4 rings (SSSR count). The van der Waals surface area contributed by atoms with Crippen LogP contribution >= 0.6 is 12.4 Å². The molecule has 0 radical (unpaired) electrons. The molecule has 162 valence electrons. The number of aryl methyl sites for hydroxylation is 2. The van der Waals surface area contributed by atoms with Crippen LogP contribution in [0, 0.1) is 12.8 Å². The van der Waals surface area contributed by atoms with E-state index in [1.165, 1.54) is 16.7 Å². The molecule has 2 fully saturated rings. The number of aromatic nitrogens is 1. The van der Waals surface area contributed by atoms with Gasteiger partial charge in [0.1, 0.15) is 11.8 Å². The zero-order valence-electron chi connectivity index (χ0n) is 17.2. The first-order valence-electron chi connectivity index (χ1n) is 10.4. The van der Waals surface area contributed by atoms with E-state index in [2.05, 4.69) is 27.8 Å². The first kappa shape index (κ1) is 22.3. The molecule has 2 aromatic rings. The Morgan fingerprint density at radius 3 is 2.60 bits per heavy atom. The van der Waals surface area contributed by atoms with Crippen LogP contribution in [0.3, 0.4) is 0 Å². The van der Waals surface area contributed by atoms with Crippen molar-refractivity contribution in [1.29, 1.82) is 0 Å². The maximum absolute atomic E-state index is 13.6. The molecule has 2 N–H and O–H groups in total.